The van der Waals surface area contributed by atoms with Gasteiger partial charge in [-0.15, -0.1) is 0 Å². The summed E-state index contributed by atoms with van der Waals surface area (Å²) < 4.78 is 0. The van der Waals surface area contributed by atoms with E-state index < -0.39 is 5.60 Å². The fourth-order valence-electron chi connectivity index (χ4n) is 2.96. The molecule has 134 valence electrons. The lowest BCUT2D eigenvalue weighted by Crippen LogP contribution is -2.46. The first-order valence-electron chi connectivity index (χ1n) is 8.97. The summed E-state index contributed by atoms with van der Waals surface area (Å²) in [5.41, 5.74) is -0.539. The van der Waals surface area contributed by atoms with E-state index in [9.17, 15) is 9.90 Å². The second-order valence-corrected chi connectivity index (χ2v) is 6.08. The number of nitrogens with one attached hydrogen (secondary N) is 1. The molecule has 2 aromatic carbocycles. The van der Waals surface area contributed by atoms with Crippen molar-refractivity contribution >= 4 is 5.91 Å². The van der Waals surface area contributed by atoms with E-state index in [2.05, 4.69) is 24.1 Å². The van der Waals surface area contributed by atoms with E-state index >= 15 is 0 Å². The molecule has 0 fully saturated rings. The van der Waals surface area contributed by atoms with Crippen molar-refractivity contribution in [2.75, 3.05) is 26.2 Å². The van der Waals surface area contributed by atoms with Crippen molar-refractivity contribution < 1.29 is 9.90 Å². The summed E-state index contributed by atoms with van der Waals surface area (Å²) in [6, 6.07) is 18.2. The molecule has 2 aromatic rings. The molecule has 4 heteroatoms. The van der Waals surface area contributed by atoms with Gasteiger partial charge < -0.3 is 15.3 Å². The molecule has 25 heavy (non-hydrogen) atoms. The molecule has 0 saturated carbocycles. The summed E-state index contributed by atoms with van der Waals surface area (Å²) in [6.45, 7) is 7.74. The first kappa shape index (κ1) is 19.2. The van der Waals surface area contributed by atoms with Crippen LogP contribution in [0.15, 0.2) is 60.7 Å². The molecule has 0 atom stereocenters. The molecule has 1 amide bonds. The van der Waals surface area contributed by atoms with Crippen LogP contribution in [-0.2, 0) is 10.4 Å². The third-order valence-electron chi connectivity index (χ3n) is 4.54. The minimum atomic E-state index is -1.68. The Balaban J connectivity index is 2.12. The van der Waals surface area contributed by atoms with Crippen LogP contribution in [0.3, 0.4) is 0 Å². The van der Waals surface area contributed by atoms with E-state index in [-0.39, 0.29) is 5.91 Å². The van der Waals surface area contributed by atoms with Gasteiger partial charge in [0.2, 0.25) is 0 Å². The van der Waals surface area contributed by atoms with E-state index in [1.54, 1.807) is 24.3 Å². The third-order valence-corrected chi connectivity index (χ3v) is 4.54. The fraction of sp³-hybridized carbons (Fsp3) is 0.381. The molecule has 0 saturated heterocycles. The number of carbonyl (C=O) groups excluding carboxylic acids is 1. The normalized spacial score (nSPS) is 11.5. The lowest BCUT2D eigenvalue weighted by molar-refractivity contribution is -0.136. The van der Waals surface area contributed by atoms with Crippen LogP contribution >= 0.6 is 0 Å². The predicted octanol–water partition coefficient (Wildman–Crippen LogP) is 2.77. The number of carbonyl (C=O) groups is 1. The van der Waals surface area contributed by atoms with E-state index in [0.717, 1.165) is 26.1 Å². The lowest BCUT2D eigenvalue weighted by Gasteiger charge is -2.28. The lowest BCUT2D eigenvalue weighted by atomic mass is 9.85. The van der Waals surface area contributed by atoms with Gasteiger partial charge >= 0.3 is 0 Å². The van der Waals surface area contributed by atoms with Crippen molar-refractivity contribution in [3.05, 3.63) is 71.8 Å². The highest BCUT2D eigenvalue weighted by molar-refractivity contribution is 5.90. The van der Waals surface area contributed by atoms with Crippen LogP contribution in [0.25, 0.3) is 0 Å². The first-order chi connectivity index (χ1) is 12.1. The molecule has 0 aliphatic heterocycles. The van der Waals surface area contributed by atoms with Crippen molar-refractivity contribution in [1.29, 1.82) is 0 Å². The summed E-state index contributed by atoms with van der Waals surface area (Å²) in [4.78, 5) is 15.2. The predicted molar refractivity (Wildman–Crippen MR) is 101 cm³/mol. The van der Waals surface area contributed by atoms with Gasteiger partial charge in [-0.1, -0.05) is 74.5 Å². The highest BCUT2D eigenvalue weighted by atomic mass is 16.3. The van der Waals surface area contributed by atoms with Crippen LogP contribution in [0.5, 0.6) is 0 Å². The summed E-state index contributed by atoms with van der Waals surface area (Å²) in [5.74, 6) is -0.385. The number of rotatable bonds is 9. The standard InChI is InChI=1S/C21H28N2O2/c1-3-23(4-2)17-11-16-22-20(24)21(25,18-12-7-5-8-13-18)19-14-9-6-10-15-19/h5-10,12-15,25H,3-4,11,16-17H2,1-2H3,(H,22,24). The Kier molecular flexibility index (Phi) is 7.16. The second kappa shape index (κ2) is 9.35. The molecule has 0 bridgehead atoms. The Labute approximate surface area is 150 Å². The quantitative estimate of drug-likeness (QED) is 0.690. The topological polar surface area (TPSA) is 52.6 Å². The van der Waals surface area contributed by atoms with Crippen molar-refractivity contribution in [1.82, 2.24) is 10.2 Å². The SMILES string of the molecule is CCN(CC)CCCNC(=O)C(O)(c1ccccc1)c1ccccc1. The summed E-state index contributed by atoms with van der Waals surface area (Å²) in [6.07, 6.45) is 0.854. The van der Waals surface area contributed by atoms with Gasteiger partial charge in [-0.05, 0) is 37.2 Å². The Hall–Kier alpha value is -2.17. The average Bonchev–Trinajstić information content (AvgIpc) is 2.68. The third kappa shape index (κ3) is 4.68. The van der Waals surface area contributed by atoms with Crippen molar-refractivity contribution in [3.63, 3.8) is 0 Å². The van der Waals surface area contributed by atoms with Crippen molar-refractivity contribution in [2.45, 2.75) is 25.9 Å². The van der Waals surface area contributed by atoms with Crippen LogP contribution < -0.4 is 5.32 Å². The molecule has 2 rings (SSSR count). The molecule has 0 spiro atoms. The largest absolute Gasteiger partial charge is 0.372 e. The van der Waals surface area contributed by atoms with Gasteiger partial charge in [0.25, 0.3) is 5.91 Å². The highest BCUT2D eigenvalue weighted by Crippen LogP contribution is 2.29. The number of hydrogen-bond acceptors (Lipinski definition) is 3. The van der Waals surface area contributed by atoms with Crippen LogP contribution in [-0.4, -0.2) is 42.1 Å². The smallest absolute Gasteiger partial charge is 0.261 e. The van der Waals surface area contributed by atoms with E-state index in [1.165, 1.54) is 0 Å². The van der Waals surface area contributed by atoms with Gasteiger partial charge in [-0.3, -0.25) is 4.79 Å². The van der Waals surface area contributed by atoms with E-state index in [4.69, 9.17) is 0 Å². The van der Waals surface area contributed by atoms with Crippen LogP contribution in [0.2, 0.25) is 0 Å². The molecule has 2 N–H and O–H groups in total. The molecule has 0 unspecified atom stereocenters. The zero-order valence-electron chi connectivity index (χ0n) is 15.1. The maximum Gasteiger partial charge on any atom is 0.261 e. The molecule has 0 aromatic heterocycles. The number of hydrogen-bond donors (Lipinski definition) is 2. The van der Waals surface area contributed by atoms with Gasteiger partial charge in [-0.25, -0.2) is 0 Å². The zero-order valence-corrected chi connectivity index (χ0v) is 15.1. The monoisotopic (exact) mass is 340 g/mol. The van der Waals surface area contributed by atoms with Gasteiger partial charge in [0.1, 0.15) is 0 Å². The second-order valence-electron chi connectivity index (χ2n) is 6.08. The van der Waals surface area contributed by atoms with Crippen molar-refractivity contribution in [3.8, 4) is 0 Å². The molecular weight excluding hydrogens is 312 g/mol. The Morgan fingerprint density at radius 3 is 1.88 bits per heavy atom. The molecule has 0 aliphatic carbocycles. The molecule has 4 nitrogen and oxygen atoms in total. The highest BCUT2D eigenvalue weighted by Gasteiger charge is 2.39. The summed E-state index contributed by atoms with van der Waals surface area (Å²) >= 11 is 0. The Morgan fingerprint density at radius 2 is 1.44 bits per heavy atom. The number of benzene rings is 2. The number of aliphatic hydroxyl groups is 1. The maximum atomic E-state index is 12.9. The first-order valence-corrected chi connectivity index (χ1v) is 8.97. The van der Waals surface area contributed by atoms with Gasteiger partial charge in [0.15, 0.2) is 5.60 Å². The minimum Gasteiger partial charge on any atom is -0.372 e. The van der Waals surface area contributed by atoms with Gasteiger partial charge in [-0.2, -0.15) is 0 Å². The molecule has 0 radical (unpaired) electrons. The van der Waals surface area contributed by atoms with Gasteiger partial charge in [0, 0.05) is 6.54 Å². The van der Waals surface area contributed by atoms with Crippen molar-refractivity contribution in [2.24, 2.45) is 0 Å². The van der Waals surface area contributed by atoms with E-state index in [1.807, 2.05) is 36.4 Å². The van der Waals surface area contributed by atoms with Crippen LogP contribution in [0.1, 0.15) is 31.4 Å². The molecule has 0 aliphatic rings. The fourth-order valence-corrected chi connectivity index (χ4v) is 2.96. The van der Waals surface area contributed by atoms with Crippen LogP contribution in [0, 0.1) is 0 Å². The zero-order chi connectivity index (χ0) is 18.1. The molecular formula is C21H28N2O2. The average molecular weight is 340 g/mol. The van der Waals surface area contributed by atoms with Gasteiger partial charge in [0.05, 0.1) is 0 Å². The van der Waals surface area contributed by atoms with Crippen LogP contribution in [0.4, 0.5) is 0 Å². The Bertz CT molecular complexity index is 600. The number of amides is 1. The van der Waals surface area contributed by atoms with E-state index in [0.29, 0.717) is 17.7 Å². The Morgan fingerprint density at radius 1 is 0.960 bits per heavy atom. The number of nitrogens with zero attached hydrogens (tertiary/aromatic N) is 1. The minimum absolute atomic E-state index is 0.385. The summed E-state index contributed by atoms with van der Waals surface area (Å²) in [7, 11) is 0. The molecule has 0 heterocycles. The summed E-state index contributed by atoms with van der Waals surface area (Å²) in [5, 5.41) is 14.2. The maximum absolute atomic E-state index is 12.9.